The number of anilines is 1. The summed E-state index contributed by atoms with van der Waals surface area (Å²) < 4.78 is 0. The second-order valence-electron chi connectivity index (χ2n) is 7.28. The van der Waals surface area contributed by atoms with Crippen LogP contribution in [0.4, 0.5) is 5.69 Å². The Labute approximate surface area is 161 Å². The second-order valence-corrected chi connectivity index (χ2v) is 7.28. The maximum atomic E-state index is 13.0. The molecule has 2 aromatic rings. The number of allylic oxidation sites excluding steroid dienone is 1. The van der Waals surface area contributed by atoms with Gasteiger partial charge in [-0.05, 0) is 61.4 Å². The molecule has 0 aromatic heterocycles. The van der Waals surface area contributed by atoms with Crippen LogP contribution >= 0.6 is 0 Å². The zero-order chi connectivity index (χ0) is 18.5. The summed E-state index contributed by atoms with van der Waals surface area (Å²) in [6, 6.07) is 20.2. The minimum atomic E-state index is 0.0400. The van der Waals surface area contributed by atoms with Gasteiger partial charge < -0.3 is 10.2 Å². The van der Waals surface area contributed by atoms with Crippen LogP contribution in [-0.2, 0) is 4.79 Å². The van der Waals surface area contributed by atoms with E-state index in [1.54, 1.807) is 0 Å². The number of nitrogens with zero attached hydrogens (tertiary/aromatic N) is 1. The molecule has 0 unspecified atom stereocenters. The third kappa shape index (κ3) is 4.13. The van der Waals surface area contributed by atoms with Crippen LogP contribution in [0.1, 0.15) is 37.7 Å². The second kappa shape index (κ2) is 8.26. The predicted octanol–water partition coefficient (Wildman–Crippen LogP) is 5.24. The van der Waals surface area contributed by atoms with E-state index in [-0.39, 0.29) is 5.91 Å². The van der Waals surface area contributed by atoms with Crippen molar-refractivity contribution in [2.45, 2.75) is 32.1 Å². The zero-order valence-electron chi connectivity index (χ0n) is 15.7. The molecule has 0 bridgehead atoms. The molecule has 0 radical (unpaired) electrons. The Morgan fingerprint density at radius 3 is 2.22 bits per heavy atom. The van der Waals surface area contributed by atoms with Gasteiger partial charge in [0.1, 0.15) is 0 Å². The van der Waals surface area contributed by atoms with E-state index in [1.165, 1.54) is 36.1 Å². The number of hydrogen-bond donors (Lipinski definition) is 1. The molecule has 138 valence electrons. The summed E-state index contributed by atoms with van der Waals surface area (Å²) >= 11 is 0. The van der Waals surface area contributed by atoms with Gasteiger partial charge in [0.15, 0.2) is 0 Å². The Hall–Kier alpha value is -2.81. The first kappa shape index (κ1) is 17.6. The van der Waals surface area contributed by atoms with Crippen LogP contribution in [0.3, 0.4) is 0 Å². The van der Waals surface area contributed by atoms with Gasteiger partial charge in [0.05, 0.1) is 0 Å². The molecule has 1 fully saturated rings. The highest BCUT2D eigenvalue weighted by atomic mass is 16.1. The van der Waals surface area contributed by atoms with E-state index in [4.69, 9.17) is 0 Å². The molecule has 2 aromatic carbocycles. The molecule has 4 rings (SSSR count). The van der Waals surface area contributed by atoms with Crippen LogP contribution in [0.2, 0.25) is 0 Å². The summed E-state index contributed by atoms with van der Waals surface area (Å²) in [5.41, 5.74) is 5.46. The lowest BCUT2D eigenvalue weighted by atomic mass is 10.0. The minimum absolute atomic E-state index is 0.0400. The van der Waals surface area contributed by atoms with Crippen molar-refractivity contribution in [3.63, 3.8) is 0 Å². The first-order chi connectivity index (χ1) is 13.3. The van der Waals surface area contributed by atoms with Gasteiger partial charge in [-0.3, -0.25) is 4.79 Å². The number of benzene rings is 2. The molecule has 0 saturated carbocycles. The highest BCUT2D eigenvalue weighted by Gasteiger charge is 2.29. The highest BCUT2D eigenvalue weighted by molar-refractivity contribution is 6.05. The van der Waals surface area contributed by atoms with E-state index >= 15 is 0 Å². The van der Waals surface area contributed by atoms with Crippen LogP contribution in [0, 0.1) is 0 Å². The number of piperidine rings is 1. The third-order valence-electron chi connectivity index (χ3n) is 5.35. The van der Waals surface area contributed by atoms with Gasteiger partial charge in [-0.25, -0.2) is 0 Å². The topological polar surface area (TPSA) is 32.3 Å². The predicted molar refractivity (Wildman–Crippen MR) is 111 cm³/mol. The number of amides is 1. The molecule has 0 spiro atoms. The summed E-state index contributed by atoms with van der Waals surface area (Å²) in [4.78, 5) is 15.5. The molecule has 1 heterocycles. The van der Waals surface area contributed by atoms with E-state index in [0.717, 1.165) is 37.2 Å². The molecular formula is C24H26N2O. The number of para-hydroxylation sites is 1. The van der Waals surface area contributed by atoms with Crippen molar-refractivity contribution in [2.75, 3.05) is 18.4 Å². The van der Waals surface area contributed by atoms with Gasteiger partial charge in [0, 0.05) is 30.0 Å². The standard InChI is InChI=1S/C24H26N2O/c27-24(25-21-12-6-2-7-13-21)22-15-14-20(18-19-10-4-1-5-11-19)23(22)26-16-8-3-9-17-26/h1-2,4-7,10-13,18H,3,8-9,14-17H2,(H,25,27)/b20-18+. The first-order valence-electron chi connectivity index (χ1n) is 9.92. The maximum Gasteiger partial charge on any atom is 0.253 e. The van der Waals surface area contributed by atoms with E-state index in [1.807, 2.05) is 36.4 Å². The van der Waals surface area contributed by atoms with E-state index in [9.17, 15) is 4.79 Å². The molecule has 3 nitrogen and oxygen atoms in total. The Kier molecular flexibility index (Phi) is 5.38. The normalized spacial score (nSPS) is 18.8. The van der Waals surface area contributed by atoms with Gasteiger partial charge in [-0.1, -0.05) is 48.5 Å². The fraction of sp³-hybridized carbons (Fsp3) is 0.292. The SMILES string of the molecule is O=C(Nc1ccccc1)C1=C(N2CCCCC2)/C(=C/c2ccccc2)CC1. The molecule has 0 atom stereocenters. The lowest BCUT2D eigenvalue weighted by Gasteiger charge is -2.31. The molecule has 1 N–H and O–H groups in total. The maximum absolute atomic E-state index is 13.0. The minimum Gasteiger partial charge on any atom is -0.371 e. The van der Waals surface area contributed by atoms with E-state index < -0.39 is 0 Å². The molecule has 1 aliphatic heterocycles. The Morgan fingerprint density at radius 2 is 1.52 bits per heavy atom. The largest absolute Gasteiger partial charge is 0.371 e. The van der Waals surface area contributed by atoms with E-state index in [0.29, 0.717) is 0 Å². The molecule has 1 saturated heterocycles. The number of nitrogens with one attached hydrogen (secondary N) is 1. The van der Waals surface area contributed by atoms with Crippen molar-refractivity contribution in [1.29, 1.82) is 0 Å². The van der Waals surface area contributed by atoms with Crippen molar-refractivity contribution < 1.29 is 4.79 Å². The van der Waals surface area contributed by atoms with Crippen LogP contribution in [0.25, 0.3) is 6.08 Å². The van der Waals surface area contributed by atoms with Crippen LogP contribution in [0.15, 0.2) is 77.5 Å². The number of carbonyl (C=O) groups excluding carboxylic acids is 1. The Morgan fingerprint density at radius 1 is 0.852 bits per heavy atom. The fourth-order valence-corrected chi connectivity index (χ4v) is 4.04. The number of carbonyl (C=O) groups is 1. The lowest BCUT2D eigenvalue weighted by molar-refractivity contribution is -0.113. The Bertz CT molecular complexity index is 846. The van der Waals surface area contributed by atoms with Crippen LogP contribution in [0.5, 0.6) is 0 Å². The van der Waals surface area contributed by atoms with Crippen molar-refractivity contribution >= 4 is 17.7 Å². The third-order valence-corrected chi connectivity index (χ3v) is 5.35. The average Bonchev–Trinajstić information content (AvgIpc) is 3.14. The van der Waals surface area contributed by atoms with Crippen LogP contribution in [-0.4, -0.2) is 23.9 Å². The van der Waals surface area contributed by atoms with Gasteiger partial charge >= 0.3 is 0 Å². The summed E-state index contributed by atoms with van der Waals surface area (Å²) in [5.74, 6) is 0.0400. The molecule has 27 heavy (non-hydrogen) atoms. The lowest BCUT2D eigenvalue weighted by Crippen LogP contribution is -2.31. The number of hydrogen-bond acceptors (Lipinski definition) is 2. The monoisotopic (exact) mass is 358 g/mol. The molecule has 1 aliphatic carbocycles. The van der Waals surface area contributed by atoms with Crippen molar-refractivity contribution in [3.8, 4) is 0 Å². The summed E-state index contributed by atoms with van der Waals surface area (Å²) in [6.07, 6.45) is 7.69. The molecular weight excluding hydrogens is 332 g/mol. The first-order valence-corrected chi connectivity index (χ1v) is 9.92. The van der Waals surface area contributed by atoms with E-state index in [2.05, 4.69) is 40.6 Å². The summed E-state index contributed by atoms with van der Waals surface area (Å²) in [5, 5.41) is 3.09. The van der Waals surface area contributed by atoms with Crippen molar-refractivity contribution in [1.82, 2.24) is 4.90 Å². The van der Waals surface area contributed by atoms with Gasteiger partial charge in [-0.15, -0.1) is 0 Å². The van der Waals surface area contributed by atoms with Crippen LogP contribution < -0.4 is 5.32 Å². The fourth-order valence-electron chi connectivity index (χ4n) is 4.04. The van der Waals surface area contributed by atoms with Gasteiger partial charge in [0.2, 0.25) is 0 Å². The molecule has 2 aliphatic rings. The smallest absolute Gasteiger partial charge is 0.253 e. The molecule has 3 heteroatoms. The van der Waals surface area contributed by atoms with Crippen molar-refractivity contribution in [2.24, 2.45) is 0 Å². The quantitative estimate of drug-likeness (QED) is 0.810. The van der Waals surface area contributed by atoms with Gasteiger partial charge in [-0.2, -0.15) is 0 Å². The van der Waals surface area contributed by atoms with Crippen molar-refractivity contribution in [3.05, 3.63) is 83.1 Å². The molecule has 1 amide bonds. The Balaban J connectivity index is 1.67. The van der Waals surface area contributed by atoms with Gasteiger partial charge in [0.25, 0.3) is 5.91 Å². The highest BCUT2D eigenvalue weighted by Crippen LogP contribution is 2.37. The number of rotatable bonds is 4. The zero-order valence-corrected chi connectivity index (χ0v) is 15.7. The summed E-state index contributed by atoms with van der Waals surface area (Å²) in [6.45, 7) is 2.09. The average molecular weight is 358 g/mol. The number of likely N-dealkylation sites (tertiary alicyclic amines) is 1. The summed E-state index contributed by atoms with van der Waals surface area (Å²) in [7, 11) is 0.